The summed E-state index contributed by atoms with van der Waals surface area (Å²) >= 11 is 5.46. The summed E-state index contributed by atoms with van der Waals surface area (Å²) in [7, 11) is 0. The third-order valence-electron chi connectivity index (χ3n) is 2.43. The topological polar surface area (TPSA) is 49.3 Å². The Morgan fingerprint density at radius 2 is 1.81 bits per heavy atom. The molecule has 0 fully saturated rings. The van der Waals surface area contributed by atoms with Crippen molar-refractivity contribution >= 4 is 23.2 Å². The predicted molar refractivity (Wildman–Crippen MR) is 66.2 cm³/mol. The van der Waals surface area contributed by atoms with Crippen LogP contribution in [0.2, 0.25) is 0 Å². The molecule has 4 heteroatoms. The van der Waals surface area contributed by atoms with Crippen molar-refractivity contribution in [2.24, 2.45) is 0 Å². The highest BCUT2D eigenvalue weighted by Gasteiger charge is 2.11. The van der Waals surface area contributed by atoms with Gasteiger partial charge in [0.1, 0.15) is 11.6 Å². The summed E-state index contributed by atoms with van der Waals surface area (Å²) in [5.74, 6) is -0.0537. The smallest absolute Gasteiger partial charge is 0.239 e. The molecule has 0 aliphatic carbocycles. The maximum Gasteiger partial charge on any atom is 0.239 e. The largest absolute Gasteiger partial charge is 0.508 e. The first-order chi connectivity index (χ1) is 7.62. The van der Waals surface area contributed by atoms with Gasteiger partial charge in [0, 0.05) is 5.69 Å². The quantitative estimate of drug-likeness (QED) is 0.629. The number of aryl methyl sites for hydroxylation is 2. The molecule has 0 spiro atoms. The Kier molecular flexibility index (Phi) is 4.62. The lowest BCUT2D eigenvalue weighted by Crippen LogP contribution is -2.15. The summed E-state index contributed by atoms with van der Waals surface area (Å²) in [4.78, 5) is 11.3. The number of rotatable bonds is 4. The van der Waals surface area contributed by atoms with Gasteiger partial charge in [-0.3, -0.25) is 4.79 Å². The zero-order valence-corrected chi connectivity index (χ0v) is 10.3. The van der Waals surface area contributed by atoms with Gasteiger partial charge in [-0.05, 0) is 36.1 Å². The predicted octanol–water partition coefficient (Wildman–Crippen LogP) is 2.69. The van der Waals surface area contributed by atoms with Gasteiger partial charge >= 0.3 is 0 Å². The van der Waals surface area contributed by atoms with Crippen LogP contribution < -0.4 is 5.32 Å². The average molecular weight is 242 g/mol. The summed E-state index contributed by atoms with van der Waals surface area (Å²) in [6.45, 7) is 3.95. The maximum atomic E-state index is 11.3. The van der Waals surface area contributed by atoms with Crippen molar-refractivity contribution in [2.75, 3.05) is 11.2 Å². The van der Waals surface area contributed by atoms with Crippen molar-refractivity contribution in [3.63, 3.8) is 0 Å². The van der Waals surface area contributed by atoms with E-state index in [1.807, 2.05) is 13.8 Å². The van der Waals surface area contributed by atoms with Crippen LogP contribution in [0.1, 0.15) is 25.0 Å². The number of alkyl halides is 1. The summed E-state index contributed by atoms with van der Waals surface area (Å²) in [5.41, 5.74) is 2.64. The van der Waals surface area contributed by atoms with Crippen molar-refractivity contribution in [2.45, 2.75) is 26.7 Å². The SMILES string of the molecule is CCc1cc(O)cc(CC)c1NC(=O)CCl. The fraction of sp³-hybridized carbons (Fsp3) is 0.417. The molecule has 0 atom stereocenters. The van der Waals surface area contributed by atoms with E-state index in [4.69, 9.17) is 11.6 Å². The van der Waals surface area contributed by atoms with E-state index in [0.717, 1.165) is 29.7 Å². The number of anilines is 1. The molecule has 16 heavy (non-hydrogen) atoms. The lowest BCUT2D eigenvalue weighted by atomic mass is 10.0. The van der Waals surface area contributed by atoms with Crippen LogP contribution in [0.3, 0.4) is 0 Å². The van der Waals surface area contributed by atoms with Crippen molar-refractivity contribution < 1.29 is 9.90 Å². The molecule has 3 nitrogen and oxygen atoms in total. The van der Waals surface area contributed by atoms with Gasteiger partial charge in [0.05, 0.1) is 0 Å². The molecular formula is C12H16ClNO2. The molecule has 0 heterocycles. The Balaban J connectivity index is 3.16. The first-order valence-corrected chi connectivity index (χ1v) is 5.86. The number of hydrogen-bond acceptors (Lipinski definition) is 2. The van der Waals surface area contributed by atoms with Crippen LogP contribution in [0.15, 0.2) is 12.1 Å². The third kappa shape index (κ3) is 2.89. The number of halogens is 1. The lowest BCUT2D eigenvalue weighted by molar-refractivity contribution is -0.113. The normalized spacial score (nSPS) is 10.2. The minimum Gasteiger partial charge on any atom is -0.508 e. The number of carbonyl (C=O) groups is 1. The highest BCUT2D eigenvalue weighted by molar-refractivity contribution is 6.29. The minimum atomic E-state index is -0.225. The Morgan fingerprint density at radius 3 is 2.19 bits per heavy atom. The number of amides is 1. The summed E-state index contributed by atoms with van der Waals surface area (Å²) in [6, 6.07) is 3.34. The molecule has 0 unspecified atom stereocenters. The van der Waals surface area contributed by atoms with E-state index in [-0.39, 0.29) is 17.5 Å². The number of phenolic OH excluding ortho intramolecular Hbond substituents is 1. The van der Waals surface area contributed by atoms with Crippen molar-refractivity contribution in [1.29, 1.82) is 0 Å². The number of aromatic hydroxyl groups is 1. The first-order valence-electron chi connectivity index (χ1n) is 5.32. The molecule has 0 saturated heterocycles. The second-order valence-electron chi connectivity index (χ2n) is 3.53. The summed E-state index contributed by atoms with van der Waals surface area (Å²) < 4.78 is 0. The van der Waals surface area contributed by atoms with Gasteiger partial charge in [-0.2, -0.15) is 0 Å². The molecule has 1 aromatic carbocycles. The van der Waals surface area contributed by atoms with Crippen LogP contribution in [0.25, 0.3) is 0 Å². The number of carbonyl (C=O) groups excluding carboxylic acids is 1. The molecule has 1 rings (SSSR count). The van der Waals surface area contributed by atoms with Crippen LogP contribution in [0.4, 0.5) is 5.69 Å². The minimum absolute atomic E-state index is 0.0623. The number of benzene rings is 1. The standard InChI is InChI=1S/C12H16ClNO2/c1-3-8-5-10(15)6-9(4-2)12(8)14-11(16)7-13/h5-6,15H,3-4,7H2,1-2H3,(H,14,16). The molecule has 0 bridgehead atoms. The zero-order chi connectivity index (χ0) is 12.1. The molecule has 0 saturated carbocycles. The second-order valence-corrected chi connectivity index (χ2v) is 3.80. The highest BCUT2D eigenvalue weighted by Crippen LogP contribution is 2.27. The van der Waals surface area contributed by atoms with E-state index < -0.39 is 0 Å². The Hall–Kier alpha value is -1.22. The molecule has 2 N–H and O–H groups in total. The molecule has 1 aromatic rings. The van der Waals surface area contributed by atoms with E-state index in [9.17, 15) is 9.90 Å². The van der Waals surface area contributed by atoms with Crippen LogP contribution in [0, 0.1) is 0 Å². The van der Waals surface area contributed by atoms with E-state index in [0.29, 0.717) is 0 Å². The molecule has 0 aromatic heterocycles. The van der Waals surface area contributed by atoms with Crippen LogP contribution >= 0.6 is 11.6 Å². The molecule has 0 aliphatic rings. The van der Waals surface area contributed by atoms with Crippen molar-refractivity contribution in [3.8, 4) is 5.75 Å². The van der Waals surface area contributed by atoms with Crippen molar-refractivity contribution in [1.82, 2.24) is 0 Å². The van der Waals surface area contributed by atoms with E-state index in [1.165, 1.54) is 0 Å². The Morgan fingerprint density at radius 1 is 1.31 bits per heavy atom. The van der Waals surface area contributed by atoms with Gasteiger partial charge in [0.2, 0.25) is 5.91 Å². The maximum absolute atomic E-state index is 11.3. The monoisotopic (exact) mass is 241 g/mol. The molecule has 1 amide bonds. The van der Waals surface area contributed by atoms with Gasteiger partial charge < -0.3 is 10.4 Å². The summed E-state index contributed by atoms with van der Waals surface area (Å²) in [6.07, 6.45) is 1.50. The summed E-state index contributed by atoms with van der Waals surface area (Å²) in [5, 5.41) is 12.3. The molecule has 88 valence electrons. The van der Waals surface area contributed by atoms with Gasteiger partial charge in [-0.25, -0.2) is 0 Å². The van der Waals surface area contributed by atoms with Crippen LogP contribution in [0.5, 0.6) is 5.75 Å². The molecule has 0 aliphatic heterocycles. The van der Waals surface area contributed by atoms with E-state index in [2.05, 4.69) is 5.32 Å². The fourth-order valence-corrected chi connectivity index (χ4v) is 1.71. The van der Waals surface area contributed by atoms with Crippen LogP contribution in [-0.2, 0) is 17.6 Å². The highest BCUT2D eigenvalue weighted by atomic mass is 35.5. The fourth-order valence-electron chi connectivity index (χ4n) is 1.64. The first kappa shape index (κ1) is 12.8. The van der Waals surface area contributed by atoms with E-state index in [1.54, 1.807) is 12.1 Å². The molecule has 0 radical (unpaired) electrons. The van der Waals surface area contributed by atoms with Gasteiger partial charge in [0.25, 0.3) is 0 Å². The Labute approximate surface area is 100 Å². The number of phenols is 1. The Bertz CT molecular complexity index is 366. The second kappa shape index (κ2) is 5.75. The van der Waals surface area contributed by atoms with E-state index >= 15 is 0 Å². The van der Waals surface area contributed by atoms with Gasteiger partial charge in [-0.15, -0.1) is 11.6 Å². The van der Waals surface area contributed by atoms with Crippen LogP contribution in [-0.4, -0.2) is 16.9 Å². The number of nitrogens with one attached hydrogen (secondary N) is 1. The zero-order valence-electron chi connectivity index (χ0n) is 9.51. The number of hydrogen-bond donors (Lipinski definition) is 2. The third-order valence-corrected chi connectivity index (χ3v) is 2.68. The molecular weight excluding hydrogens is 226 g/mol. The average Bonchev–Trinajstić information content (AvgIpc) is 2.30. The van der Waals surface area contributed by atoms with Gasteiger partial charge in [-0.1, -0.05) is 13.8 Å². The van der Waals surface area contributed by atoms with Gasteiger partial charge in [0.15, 0.2) is 0 Å². The lowest BCUT2D eigenvalue weighted by Gasteiger charge is -2.14. The van der Waals surface area contributed by atoms with Crippen molar-refractivity contribution in [3.05, 3.63) is 23.3 Å².